The van der Waals surface area contributed by atoms with E-state index >= 15 is 0 Å². The van der Waals surface area contributed by atoms with Crippen LogP contribution >= 0.6 is 0 Å². The Kier molecular flexibility index (Phi) is 3.87. The largest absolute Gasteiger partial charge is 0.478 e. The molecule has 5 nitrogen and oxygen atoms in total. The van der Waals surface area contributed by atoms with Gasteiger partial charge in [-0.25, -0.2) is 4.79 Å². The van der Waals surface area contributed by atoms with Crippen molar-refractivity contribution >= 4 is 23.1 Å². The van der Waals surface area contributed by atoms with Crippen molar-refractivity contribution in [2.24, 2.45) is 0 Å². The van der Waals surface area contributed by atoms with E-state index < -0.39 is 11.8 Å². The molecule has 0 saturated carbocycles. The molecular weight excluding hydrogens is 220 g/mol. The highest BCUT2D eigenvalue weighted by molar-refractivity contribution is 6.24. The van der Waals surface area contributed by atoms with Crippen LogP contribution in [0.15, 0.2) is 29.8 Å². The van der Waals surface area contributed by atoms with Gasteiger partial charge in [-0.3, -0.25) is 4.79 Å². The summed E-state index contributed by atoms with van der Waals surface area (Å²) in [5.41, 5.74) is 11.7. The summed E-state index contributed by atoms with van der Waals surface area (Å²) in [7, 11) is 0. The molecule has 0 unspecified atom stereocenters. The molecular formula is C12H14N2O3. The highest BCUT2D eigenvalue weighted by atomic mass is 16.4. The molecule has 5 heteroatoms. The van der Waals surface area contributed by atoms with Crippen molar-refractivity contribution in [1.82, 2.24) is 0 Å². The molecule has 0 fully saturated rings. The van der Waals surface area contributed by atoms with Crippen LogP contribution in [0.4, 0.5) is 11.4 Å². The first-order valence-corrected chi connectivity index (χ1v) is 5.10. The summed E-state index contributed by atoms with van der Waals surface area (Å²) >= 11 is 0. The fourth-order valence-electron chi connectivity index (χ4n) is 1.44. The van der Waals surface area contributed by atoms with E-state index in [4.69, 9.17) is 16.6 Å². The summed E-state index contributed by atoms with van der Waals surface area (Å²) in [6, 6.07) is 4.32. The minimum absolute atomic E-state index is 0.185. The average Bonchev–Trinajstić information content (AvgIpc) is 2.23. The summed E-state index contributed by atoms with van der Waals surface area (Å²) in [4.78, 5) is 22.8. The van der Waals surface area contributed by atoms with Gasteiger partial charge >= 0.3 is 5.97 Å². The van der Waals surface area contributed by atoms with E-state index in [9.17, 15) is 9.59 Å². The van der Waals surface area contributed by atoms with E-state index in [-0.39, 0.29) is 11.1 Å². The lowest BCUT2D eigenvalue weighted by Gasteiger charge is -2.04. The molecule has 0 aliphatic rings. The van der Waals surface area contributed by atoms with Gasteiger partial charge in [0.05, 0.1) is 0 Å². The Bertz CT molecular complexity index is 472. The second-order valence-corrected chi connectivity index (χ2v) is 3.55. The first kappa shape index (κ1) is 12.8. The molecule has 0 aliphatic heterocycles. The van der Waals surface area contributed by atoms with Gasteiger partial charge in [0.25, 0.3) is 0 Å². The quantitative estimate of drug-likeness (QED) is 0.240. The molecule has 90 valence electrons. The van der Waals surface area contributed by atoms with Crippen LogP contribution in [0.1, 0.15) is 23.7 Å². The summed E-state index contributed by atoms with van der Waals surface area (Å²) in [5.74, 6) is -1.84. The maximum Gasteiger partial charge on any atom is 0.339 e. The highest BCUT2D eigenvalue weighted by Crippen LogP contribution is 2.17. The van der Waals surface area contributed by atoms with Crippen LogP contribution in [0, 0.1) is 0 Å². The van der Waals surface area contributed by atoms with Gasteiger partial charge in [-0.1, -0.05) is 13.0 Å². The van der Waals surface area contributed by atoms with Crippen LogP contribution in [-0.2, 0) is 4.79 Å². The third-order valence-electron chi connectivity index (χ3n) is 2.12. The fourth-order valence-corrected chi connectivity index (χ4v) is 1.44. The molecule has 1 rings (SSSR count). The fraction of sp³-hybridized carbons (Fsp3) is 0.167. The number of carboxylic acid groups (broad SMARTS) is 1. The van der Waals surface area contributed by atoms with Crippen molar-refractivity contribution in [3.8, 4) is 0 Å². The van der Waals surface area contributed by atoms with Gasteiger partial charge in [-0.2, -0.15) is 0 Å². The van der Waals surface area contributed by atoms with Crippen LogP contribution in [0.3, 0.4) is 0 Å². The number of carbonyl (C=O) groups is 2. The molecule has 0 spiro atoms. The Morgan fingerprint density at radius 2 is 1.76 bits per heavy atom. The summed E-state index contributed by atoms with van der Waals surface area (Å²) < 4.78 is 0. The highest BCUT2D eigenvalue weighted by Gasteiger charge is 2.18. The first-order chi connectivity index (χ1) is 7.95. The molecule has 1 aromatic carbocycles. The zero-order chi connectivity index (χ0) is 13.0. The minimum Gasteiger partial charge on any atom is -0.478 e. The topological polar surface area (TPSA) is 106 Å². The lowest BCUT2D eigenvalue weighted by Crippen LogP contribution is -2.13. The van der Waals surface area contributed by atoms with E-state index in [2.05, 4.69) is 0 Å². The molecule has 5 N–H and O–H groups in total. The Balaban J connectivity index is 3.19. The van der Waals surface area contributed by atoms with E-state index in [0.29, 0.717) is 17.8 Å². The monoisotopic (exact) mass is 234 g/mol. The smallest absolute Gasteiger partial charge is 0.339 e. The summed E-state index contributed by atoms with van der Waals surface area (Å²) in [6.07, 6.45) is 1.83. The number of Topliss-reactive ketones (excluding diaryl/α,β-unsaturated/α-hetero) is 1. The molecule has 0 saturated heterocycles. The predicted molar refractivity (Wildman–Crippen MR) is 65.6 cm³/mol. The van der Waals surface area contributed by atoms with Crippen molar-refractivity contribution < 1.29 is 14.7 Å². The second kappa shape index (κ2) is 5.16. The number of rotatable bonds is 4. The van der Waals surface area contributed by atoms with Crippen molar-refractivity contribution in [2.45, 2.75) is 13.3 Å². The van der Waals surface area contributed by atoms with Gasteiger partial charge < -0.3 is 16.6 Å². The van der Waals surface area contributed by atoms with E-state index in [1.165, 1.54) is 24.3 Å². The van der Waals surface area contributed by atoms with E-state index in [0.717, 1.165) is 0 Å². The second-order valence-electron chi connectivity index (χ2n) is 3.55. The van der Waals surface area contributed by atoms with Crippen molar-refractivity contribution in [2.75, 3.05) is 11.5 Å². The normalized spacial score (nSPS) is 11.2. The number of allylic oxidation sites excluding steroid dienone is 1. The molecule has 0 radical (unpaired) electrons. The number of hydrogen-bond acceptors (Lipinski definition) is 4. The van der Waals surface area contributed by atoms with Crippen LogP contribution < -0.4 is 11.5 Å². The van der Waals surface area contributed by atoms with Gasteiger partial charge in [-0.05, 0) is 24.6 Å². The number of carbonyl (C=O) groups excluding carboxylic acids is 1. The lowest BCUT2D eigenvalue weighted by atomic mass is 10.0. The van der Waals surface area contributed by atoms with Crippen LogP contribution in [-0.4, -0.2) is 16.9 Å². The number of ketones is 1. The Morgan fingerprint density at radius 1 is 1.24 bits per heavy atom. The van der Waals surface area contributed by atoms with Gasteiger partial charge in [0, 0.05) is 16.9 Å². The minimum atomic E-state index is -1.25. The predicted octanol–water partition coefficient (Wildman–Crippen LogP) is 1.45. The molecule has 0 bridgehead atoms. The number of aliphatic carboxylic acids is 1. The number of anilines is 2. The SMILES string of the molecule is CC/C=C(\C(=O)O)C(=O)c1cc(N)cc(N)c1. The molecule has 17 heavy (non-hydrogen) atoms. The zero-order valence-electron chi connectivity index (χ0n) is 9.43. The molecule has 0 atom stereocenters. The molecule has 0 amide bonds. The van der Waals surface area contributed by atoms with Crippen LogP contribution in [0.2, 0.25) is 0 Å². The Morgan fingerprint density at radius 3 is 2.18 bits per heavy atom. The Labute approximate surface area is 98.7 Å². The summed E-state index contributed by atoms with van der Waals surface area (Å²) in [5, 5.41) is 8.92. The third kappa shape index (κ3) is 3.07. The molecule has 0 aliphatic carbocycles. The van der Waals surface area contributed by atoms with Crippen LogP contribution in [0.5, 0.6) is 0 Å². The maximum atomic E-state index is 11.9. The lowest BCUT2D eigenvalue weighted by molar-refractivity contribution is -0.132. The van der Waals surface area contributed by atoms with Gasteiger partial charge in [-0.15, -0.1) is 0 Å². The number of benzene rings is 1. The van der Waals surface area contributed by atoms with E-state index in [1.54, 1.807) is 6.92 Å². The van der Waals surface area contributed by atoms with Crippen molar-refractivity contribution in [1.29, 1.82) is 0 Å². The average molecular weight is 234 g/mol. The standard InChI is InChI=1S/C12H14N2O3/c1-2-3-10(12(16)17)11(15)7-4-8(13)6-9(14)5-7/h3-6H,2,13-14H2,1H3,(H,16,17)/b10-3-. The third-order valence-corrected chi connectivity index (χ3v) is 2.12. The zero-order valence-corrected chi connectivity index (χ0v) is 9.43. The number of hydrogen-bond donors (Lipinski definition) is 3. The number of nitrogen functional groups attached to an aromatic ring is 2. The van der Waals surface area contributed by atoms with Gasteiger partial charge in [0.2, 0.25) is 0 Å². The summed E-state index contributed by atoms with van der Waals surface area (Å²) in [6.45, 7) is 1.75. The van der Waals surface area contributed by atoms with Crippen molar-refractivity contribution in [3.63, 3.8) is 0 Å². The van der Waals surface area contributed by atoms with Crippen LogP contribution in [0.25, 0.3) is 0 Å². The van der Waals surface area contributed by atoms with Gasteiger partial charge in [0.1, 0.15) is 5.57 Å². The molecule has 0 heterocycles. The van der Waals surface area contributed by atoms with Crippen molar-refractivity contribution in [3.05, 3.63) is 35.4 Å². The van der Waals surface area contributed by atoms with E-state index in [1.807, 2.05) is 0 Å². The number of nitrogens with two attached hydrogens (primary N) is 2. The van der Waals surface area contributed by atoms with Gasteiger partial charge in [0.15, 0.2) is 5.78 Å². The maximum absolute atomic E-state index is 11.9. The first-order valence-electron chi connectivity index (χ1n) is 5.10. The molecule has 1 aromatic rings. The Hall–Kier alpha value is -2.30. The number of carboxylic acids is 1. The molecule has 0 aromatic heterocycles.